The van der Waals surface area contributed by atoms with E-state index in [0.717, 1.165) is 59.2 Å². The van der Waals surface area contributed by atoms with Crippen LogP contribution >= 0.6 is 23.2 Å². The fraction of sp³-hybridized carbons (Fsp3) is 0.182. The van der Waals surface area contributed by atoms with Crippen LogP contribution in [0.15, 0.2) is 170 Å². The number of aliphatic hydroxyl groups is 1. The van der Waals surface area contributed by atoms with Crippen LogP contribution in [0.2, 0.25) is 10.0 Å². The normalized spacial score (nSPS) is 21.2. The van der Waals surface area contributed by atoms with Gasteiger partial charge in [-0.3, -0.25) is 38.5 Å². The van der Waals surface area contributed by atoms with E-state index in [2.05, 4.69) is 36.8 Å². The Bertz CT molecular complexity index is 5060. The van der Waals surface area contributed by atoms with Gasteiger partial charge in [-0.25, -0.2) is 0 Å². The zero-order valence-electron chi connectivity index (χ0n) is 55.1. The van der Waals surface area contributed by atoms with Crippen LogP contribution in [-0.4, -0.2) is 125 Å². The maximum Gasteiger partial charge on any atom is 0.249 e. The van der Waals surface area contributed by atoms with E-state index in [4.69, 9.17) is 43.1 Å². The number of amides is 7. The first-order valence-electron chi connectivity index (χ1n) is 33.1. The summed E-state index contributed by atoms with van der Waals surface area (Å²) >= 11 is 13.9. The van der Waals surface area contributed by atoms with E-state index in [1.54, 1.807) is 0 Å². The molecule has 9 aromatic rings. The van der Waals surface area contributed by atoms with Gasteiger partial charge >= 0.3 is 0 Å². The fourth-order valence-electron chi connectivity index (χ4n) is 13.3. The van der Waals surface area contributed by atoms with Gasteiger partial charge in [0.25, 0.3) is 0 Å². The van der Waals surface area contributed by atoms with E-state index >= 15 is 28.8 Å². The predicted molar refractivity (Wildman–Crippen MR) is 381 cm³/mol. The van der Waals surface area contributed by atoms with E-state index < -0.39 is 136 Å². The van der Waals surface area contributed by atoms with Gasteiger partial charge in [-0.2, -0.15) is 0 Å². The Morgan fingerprint density at radius 2 is 1.09 bits per heavy atom. The summed E-state index contributed by atoms with van der Waals surface area (Å²) in [7, 11) is 0. The molecule has 16 rings (SSSR count). The minimum Gasteiger partial charge on any atom is -0.508 e. The number of nitrogens with one attached hydrogen (secondary N) is 6. The van der Waals surface area contributed by atoms with Gasteiger partial charge in [-0.15, -0.1) is 0 Å². The maximum absolute atomic E-state index is 16.0. The molecule has 0 unspecified atom stereocenters. The van der Waals surface area contributed by atoms with Crippen molar-refractivity contribution in [2.24, 2.45) is 5.73 Å². The minimum atomic E-state index is -2.16. The number of rotatable bonds is 5. The molecule has 26 nitrogen and oxygen atoms in total. The summed E-state index contributed by atoms with van der Waals surface area (Å²) in [6.45, 7) is 1.45. The van der Waals surface area contributed by atoms with Crippen molar-refractivity contribution in [3.8, 4) is 80.1 Å². The highest BCUT2D eigenvalue weighted by atomic mass is 35.5. The Labute approximate surface area is 607 Å². The van der Waals surface area contributed by atoms with Crippen LogP contribution in [0.25, 0.3) is 23.3 Å². The lowest BCUT2D eigenvalue weighted by Crippen LogP contribution is -2.57. The number of carbonyl (C=O) groups excluding carboxylic acids is 7. The average molecular weight is 1460 g/mol. The quantitative estimate of drug-likeness (QED) is 0.0719. The maximum atomic E-state index is 16.0. The molecule has 0 saturated carbocycles. The monoisotopic (exact) mass is 1460 g/mol. The van der Waals surface area contributed by atoms with Gasteiger partial charge in [-0.05, 0) is 134 Å². The number of fused-ring (bicyclic) bond motifs is 14. The SMILES string of the molecule is N[C@@H]1C(=O)N[C@@H]2Cc3ccc(c(Cl)c3)Oc3cc4cc(c3O)Oc3ccc(cc3Cl)[C@@H](O)[C@@H]3NC(=O)[C@H](NC(=O)[C@@H]4NC(=O)[C@@H](NC2=O)c2cc(O)cc(c2)Oc2cc1ccc2O)c1ccc(O)c(c1)-c1c(O)cc(O)cc1[C@@H](C(=O)N1CCN(Cc2ccc(/C=C/c4ccccc4)cc2)CC1)NC3=O. The van der Waals surface area contributed by atoms with E-state index in [1.807, 2.05) is 66.7 Å². The number of ether oxygens (including phenoxy) is 3. The molecule has 7 aliphatic rings. The third-order valence-electron chi connectivity index (χ3n) is 18.8. The van der Waals surface area contributed by atoms with Crippen molar-refractivity contribution in [2.45, 2.75) is 61.4 Å². The average Bonchev–Trinajstić information content (AvgIpc) is 0.814. The van der Waals surface area contributed by atoms with E-state index in [0.29, 0.717) is 25.2 Å². The van der Waals surface area contributed by atoms with E-state index in [1.165, 1.54) is 77.7 Å². The van der Waals surface area contributed by atoms with E-state index in [9.17, 15) is 40.5 Å². The molecule has 7 heterocycles. The standard InChI is InChI=1S/C77H65Cl2N9O17/c78-51-24-40-12-18-57(51)104-60-31-45-32-61(70(60)95)105-58-19-15-43(29-52(58)79)69(94)68-76(101)85-67(77(102)88-22-20-87(21-23-88)36-39-10-8-38(9-11-39)7-6-37-4-2-1-3-5-37)50-34-47(90)35-56(93)62(50)49-28-42(14-16-54(49)91)64(73(98)86-68)83-75(100)66(45)84-74(99)65-44-26-46(89)33-48(27-44)103-59-30-41(13-17-55(59)92)63(80)72(97)81-53(25-40)71(96)82-65/h1-19,24,26-35,53,63-69,89-95H,20-23,25,36,80H2,(H,81,97)(H,82,96)(H,83,100)(H,84,99)(H,85,101)(H,86,98)/b7-6+/t53-,63+,64-,65+,66-,67+,68+,69-/m1/s1. The highest BCUT2D eigenvalue weighted by molar-refractivity contribution is 6.32. The molecule has 1 fully saturated rings. The lowest BCUT2D eigenvalue weighted by atomic mass is 9.89. The highest BCUT2D eigenvalue weighted by Gasteiger charge is 2.42. The zero-order valence-corrected chi connectivity index (χ0v) is 56.6. The molecule has 534 valence electrons. The second kappa shape index (κ2) is 28.8. The third kappa shape index (κ3) is 14.6. The smallest absolute Gasteiger partial charge is 0.249 e. The molecular weight excluding hydrogens is 1390 g/mol. The largest absolute Gasteiger partial charge is 0.508 e. The number of nitrogens with zero attached hydrogens (tertiary/aromatic N) is 2. The van der Waals surface area contributed by atoms with Gasteiger partial charge in [0, 0.05) is 62.4 Å². The molecule has 0 radical (unpaired) electrons. The van der Waals surface area contributed by atoms with Crippen molar-refractivity contribution >= 4 is 76.7 Å². The molecule has 17 bridgehead atoms. The molecule has 9 aromatic carbocycles. The second-order valence-electron chi connectivity index (χ2n) is 25.8. The fourth-order valence-corrected chi connectivity index (χ4v) is 13.8. The summed E-state index contributed by atoms with van der Waals surface area (Å²) in [6, 6.07) is 27.5. The molecular formula is C77H65Cl2N9O17. The first-order chi connectivity index (χ1) is 50.4. The molecule has 15 N–H and O–H groups in total. The number of aromatic hydroxyl groups is 6. The molecule has 0 aliphatic carbocycles. The number of hydrogen-bond donors (Lipinski definition) is 14. The zero-order chi connectivity index (χ0) is 73.6. The predicted octanol–water partition coefficient (Wildman–Crippen LogP) is 8.42. The summed E-state index contributed by atoms with van der Waals surface area (Å²) in [5.74, 6) is -13.2. The van der Waals surface area contributed by atoms with Crippen molar-refractivity contribution in [3.05, 3.63) is 236 Å². The molecule has 8 atom stereocenters. The van der Waals surface area contributed by atoms with Crippen molar-refractivity contribution < 1.29 is 83.5 Å². The summed E-state index contributed by atoms with van der Waals surface area (Å²) in [5, 5.41) is 98.0. The van der Waals surface area contributed by atoms with Crippen molar-refractivity contribution in [1.29, 1.82) is 0 Å². The first kappa shape index (κ1) is 69.7. The first-order valence-corrected chi connectivity index (χ1v) is 33.8. The highest BCUT2D eigenvalue weighted by Crippen LogP contribution is 2.48. The van der Waals surface area contributed by atoms with Crippen LogP contribution < -0.4 is 51.8 Å². The molecule has 0 aromatic heterocycles. The van der Waals surface area contributed by atoms with E-state index in [-0.39, 0.29) is 97.1 Å². The number of aliphatic hydroxyl groups excluding tert-OH is 1. The number of benzene rings is 9. The minimum absolute atomic E-state index is 0.110. The van der Waals surface area contributed by atoms with Crippen LogP contribution in [-0.2, 0) is 46.5 Å². The molecule has 7 aliphatic heterocycles. The summed E-state index contributed by atoms with van der Waals surface area (Å²) in [4.78, 5) is 111. The van der Waals surface area contributed by atoms with Gasteiger partial charge in [0.1, 0.15) is 88.6 Å². The molecule has 7 amide bonds. The Hall–Kier alpha value is -12.3. The van der Waals surface area contributed by atoms with Gasteiger partial charge in [0.05, 0.1) is 10.0 Å². The van der Waals surface area contributed by atoms with Gasteiger partial charge < -0.3 is 92.5 Å². The van der Waals surface area contributed by atoms with Crippen LogP contribution in [0.1, 0.15) is 91.9 Å². The Kier molecular flexibility index (Phi) is 19.2. The number of carbonyl (C=O) groups is 7. The van der Waals surface area contributed by atoms with Crippen LogP contribution in [0.4, 0.5) is 0 Å². The Balaban J connectivity index is 0.876. The van der Waals surface area contributed by atoms with Crippen molar-refractivity contribution in [2.75, 3.05) is 26.2 Å². The third-order valence-corrected chi connectivity index (χ3v) is 19.4. The summed E-state index contributed by atoms with van der Waals surface area (Å²) in [6.07, 6.45) is 1.60. The van der Waals surface area contributed by atoms with Crippen LogP contribution in [0, 0.1) is 0 Å². The number of nitrogens with two attached hydrogens (primary N) is 1. The Morgan fingerprint density at radius 1 is 0.495 bits per heavy atom. The number of piperazine rings is 1. The molecule has 28 heteroatoms. The van der Waals surface area contributed by atoms with Crippen molar-refractivity contribution in [3.63, 3.8) is 0 Å². The van der Waals surface area contributed by atoms with Crippen LogP contribution in [0.5, 0.6) is 69.0 Å². The summed E-state index contributed by atoms with van der Waals surface area (Å²) in [5.41, 5.74) is 8.19. The topological polar surface area (TPSA) is 393 Å². The molecule has 1 saturated heterocycles. The lowest BCUT2D eigenvalue weighted by molar-refractivity contribution is -0.140. The second-order valence-corrected chi connectivity index (χ2v) is 26.7. The van der Waals surface area contributed by atoms with Crippen molar-refractivity contribution in [1.82, 2.24) is 41.7 Å². The Morgan fingerprint density at radius 3 is 1.77 bits per heavy atom. The molecule has 0 spiro atoms. The van der Waals surface area contributed by atoms with Gasteiger partial charge in [0.2, 0.25) is 47.1 Å². The number of phenols is 6. The number of phenolic OH excluding ortho intramolecular Hbond substituents is 6. The lowest BCUT2D eigenvalue weighted by Gasteiger charge is -2.37. The summed E-state index contributed by atoms with van der Waals surface area (Å²) < 4.78 is 18.7. The number of halogens is 2. The van der Waals surface area contributed by atoms with Crippen LogP contribution in [0.3, 0.4) is 0 Å². The van der Waals surface area contributed by atoms with Gasteiger partial charge in [-0.1, -0.05) is 114 Å². The van der Waals surface area contributed by atoms with Gasteiger partial charge in [0.15, 0.2) is 23.0 Å². The number of hydrogen-bond acceptors (Lipinski definition) is 19. The molecule has 105 heavy (non-hydrogen) atoms.